The van der Waals surface area contributed by atoms with E-state index in [2.05, 4.69) is 15.3 Å². The standard InChI is InChI=1S/C16H15N3OS/c1-3-17-16-19-15(20)14(21-16)9-11-5-7-13-12(8-11)6-4-10(2)18-13/h4-9H,3H2,1-2H3,(H,17,19,20)/b14-9-. The van der Waals surface area contributed by atoms with Gasteiger partial charge in [-0.2, -0.15) is 0 Å². The highest BCUT2D eigenvalue weighted by Crippen LogP contribution is 2.26. The lowest BCUT2D eigenvalue weighted by Crippen LogP contribution is -2.19. The average molecular weight is 297 g/mol. The molecule has 1 aliphatic rings. The Morgan fingerprint density at radius 2 is 2.19 bits per heavy atom. The van der Waals surface area contributed by atoms with Gasteiger partial charge in [0.1, 0.15) is 0 Å². The zero-order valence-corrected chi connectivity index (χ0v) is 12.7. The number of fused-ring (bicyclic) bond motifs is 1. The second kappa shape index (κ2) is 5.69. The van der Waals surface area contributed by atoms with Crippen molar-refractivity contribution < 1.29 is 4.79 Å². The van der Waals surface area contributed by atoms with Gasteiger partial charge in [-0.3, -0.25) is 14.8 Å². The van der Waals surface area contributed by atoms with E-state index in [1.807, 2.05) is 50.3 Å². The average Bonchev–Trinajstić information content (AvgIpc) is 2.79. The largest absolute Gasteiger partial charge is 0.301 e. The number of hydrogen-bond acceptors (Lipinski definition) is 4. The Kier molecular flexibility index (Phi) is 3.75. The molecule has 0 radical (unpaired) electrons. The third-order valence-corrected chi connectivity index (χ3v) is 4.05. The van der Waals surface area contributed by atoms with Crippen LogP contribution in [0, 0.1) is 6.92 Å². The molecule has 2 heterocycles. The van der Waals surface area contributed by atoms with Gasteiger partial charge in [-0.25, -0.2) is 0 Å². The van der Waals surface area contributed by atoms with Crippen molar-refractivity contribution in [1.29, 1.82) is 0 Å². The lowest BCUT2D eigenvalue weighted by Gasteiger charge is -2.01. The Bertz CT molecular complexity index is 780. The molecule has 1 amide bonds. The van der Waals surface area contributed by atoms with Gasteiger partial charge < -0.3 is 5.32 Å². The smallest absolute Gasteiger partial charge is 0.264 e. The lowest BCUT2D eigenvalue weighted by atomic mass is 10.1. The van der Waals surface area contributed by atoms with Crippen LogP contribution in [-0.2, 0) is 4.79 Å². The van der Waals surface area contributed by atoms with Crippen LogP contribution in [0.25, 0.3) is 17.0 Å². The minimum absolute atomic E-state index is 0.0886. The third kappa shape index (κ3) is 2.97. The number of carbonyl (C=O) groups excluding carboxylic acids is 1. The highest BCUT2D eigenvalue weighted by molar-refractivity contribution is 8.18. The lowest BCUT2D eigenvalue weighted by molar-refractivity contribution is -0.115. The van der Waals surface area contributed by atoms with E-state index >= 15 is 0 Å². The summed E-state index contributed by atoms with van der Waals surface area (Å²) in [6, 6.07) is 10.0. The van der Waals surface area contributed by atoms with E-state index < -0.39 is 0 Å². The highest BCUT2D eigenvalue weighted by atomic mass is 32.2. The van der Waals surface area contributed by atoms with Gasteiger partial charge in [0.05, 0.1) is 10.4 Å². The Balaban J connectivity index is 1.94. The maximum Gasteiger partial charge on any atom is 0.264 e. The first kappa shape index (κ1) is 13.8. The van der Waals surface area contributed by atoms with Crippen molar-refractivity contribution in [1.82, 2.24) is 10.3 Å². The topological polar surface area (TPSA) is 54.4 Å². The summed E-state index contributed by atoms with van der Waals surface area (Å²) in [6.45, 7) is 4.58. The van der Waals surface area contributed by atoms with Crippen molar-refractivity contribution in [3.63, 3.8) is 0 Å². The first-order chi connectivity index (χ1) is 10.2. The summed E-state index contributed by atoms with van der Waals surface area (Å²) in [5.74, 6) is -0.0886. The molecule has 0 bridgehead atoms. The van der Waals surface area contributed by atoms with Crippen LogP contribution in [-0.4, -0.2) is 22.6 Å². The number of amides is 1. The van der Waals surface area contributed by atoms with E-state index in [-0.39, 0.29) is 5.91 Å². The van der Waals surface area contributed by atoms with Crippen molar-refractivity contribution in [2.75, 3.05) is 6.54 Å². The van der Waals surface area contributed by atoms with Crippen LogP contribution in [0.5, 0.6) is 0 Å². The minimum atomic E-state index is -0.0886. The molecule has 5 heteroatoms. The van der Waals surface area contributed by atoms with Crippen LogP contribution in [0.3, 0.4) is 0 Å². The van der Waals surface area contributed by atoms with Crippen molar-refractivity contribution >= 4 is 39.8 Å². The Morgan fingerprint density at radius 3 is 3.00 bits per heavy atom. The van der Waals surface area contributed by atoms with Crippen LogP contribution in [0.1, 0.15) is 18.2 Å². The summed E-state index contributed by atoms with van der Waals surface area (Å²) < 4.78 is 0. The number of pyridine rings is 1. The SMILES string of the molecule is CCN=C1NC(=O)/C(=C/c2ccc3nc(C)ccc3c2)S1. The Labute approximate surface area is 127 Å². The molecule has 0 saturated carbocycles. The molecule has 4 nitrogen and oxygen atoms in total. The maximum atomic E-state index is 11.9. The first-order valence-corrected chi connectivity index (χ1v) is 7.60. The molecule has 0 atom stereocenters. The molecule has 21 heavy (non-hydrogen) atoms. The number of thioether (sulfide) groups is 1. The number of nitrogens with one attached hydrogen (secondary N) is 1. The number of hydrogen-bond donors (Lipinski definition) is 1. The summed E-state index contributed by atoms with van der Waals surface area (Å²) >= 11 is 1.38. The normalized spacial score (nSPS) is 18.7. The summed E-state index contributed by atoms with van der Waals surface area (Å²) in [5.41, 5.74) is 2.96. The summed E-state index contributed by atoms with van der Waals surface area (Å²) in [6.07, 6.45) is 1.89. The fourth-order valence-corrected chi connectivity index (χ4v) is 3.02. The Hall–Kier alpha value is -2.14. The summed E-state index contributed by atoms with van der Waals surface area (Å²) in [4.78, 5) is 21.2. The molecule has 0 aliphatic carbocycles. The minimum Gasteiger partial charge on any atom is -0.301 e. The van der Waals surface area contributed by atoms with Crippen molar-refractivity contribution in [3.8, 4) is 0 Å². The molecule has 106 valence electrons. The van der Waals surface area contributed by atoms with Crippen LogP contribution in [0.15, 0.2) is 40.2 Å². The number of rotatable bonds is 2. The third-order valence-electron chi connectivity index (χ3n) is 3.10. The first-order valence-electron chi connectivity index (χ1n) is 6.78. The Morgan fingerprint density at radius 1 is 1.33 bits per heavy atom. The van der Waals surface area contributed by atoms with E-state index in [9.17, 15) is 4.79 Å². The van der Waals surface area contributed by atoms with Gasteiger partial charge in [0, 0.05) is 17.6 Å². The second-order valence-corrected chi connectivity index (χ2v) is 5.78. The molecule has 2 aromatic rings. The number of benzene rings is 1. The van der Waals surface area contributed by atoms with Crippen molar-refractivity contribution in [3.05, 3.63) is 46.5 Å². The highest BCUT2D eigenvalue weighted by Gasteiger charge is 2.23. The van der Waals surface area contributed by atoms with Crippen molar-refractivity contribution in [2.45, 2.75) is 13.8 Å². The van der Waals surface area contributed by atoms with E-state index in [1.54, 1.807) is 0 Å². The molecule has 1 aliphatic heterocycles. The van der Waals surface area contributed by atoms with E-state index in [0.717, 1.165) is 22.2 Å². The molecule has 0 spiro atoms. The van der Waals surface area contributed by atoms with E-state index in [1.165, 1.54) is 11.8 Å². The zero-order valence-electron chi connectivity index (χ0n) is 11.9. The quantitative estimate of drug-likeness (QED) is 0.867. The predicted octanol–water partition coefficient (Wildman–Crippen LogP) is 3.12. The number of carbonyl (C=O) groups is 1. The molecular weight excluding hydrogens is 282 g/mol. The molecule has 1 saturated heterocycles. The summed E-state index contributed by atoms with van der Waals surface area (Å²) in [7, 11) is 0. The van der Waals surface area contributed by atoms with Crippen LogP contribution >= 0.6 is 11.8 Å². The fraction of sp³-hybridized carbons (Fsp3) is 0.188. The number of aromatic nitrogens is 1. The molecule has 1 aromatic heterocycles. The van der Waals surface area contributed by atoms with Crippen LogP contribution in [0.4, 0.5) is 0 Å². The van der Waals surface area contributed by atoms with E-state index in [4.69, 9.17) is 0 Å². The number of nitrogens with zero attached hydrogens (tertiary/aromatic N) is 2. The van der Waals surface area contributed by atoms with Crippen LogP contribution < -0.4 is 5.32 Å². The molecule has 0 unspecified atom stereocenters. The van der Waals surface area contributed by atoms with Gasteiger partial charge in [-0.15, -0.1) is 0 Å². The summed E-state index contributed by atoms with van der Waals surface area (Å²) in [5, 5.41) is 4.51. The monoisotopic (exact) mass is 297 g/mol. The number of aliphatic imine (C=N–C) groups is 1. The van der Waals surface area contributed by atoms with Gasteiger partial charge in [0.2, 0.25) is 0 Å². The van der Waals surface area contributed by atoms with Gasteiger partial charge >= 0.3 is 0 Å². The van der Waals surface area contributed by atoms with Gasteiger partial charge in [-0.1, -0.05) is 12.1 Å². The van der Waals surface area contributed by atoms with Crippen LogP contribution in [0.2, 0.25) is 0 Å². The number of aryl methyl sites for hydroxylation is 1. The maximum absolute atomic E-state index is 11.9. The fourth-order valence-electron chi connectivity index (χ4n) is 2.13. The van der Waals surface area contributed by atoms with E-state index in [0.29, 0.717) is 16.6 Å². The molecule has 1 N–H and O–H groups in total. The predicted molar refractivity (Wildman–Crippen MR) is 88.2 cm³/mol. The van der Waals surface area contributed by atoms with Gasteiger partial charge in [0.25, 0.3) is 5.91 Å². The van der Waals surface area contributed by atoms with Crippen molar-refractivity contribution in [2.24, 2.45) is 4.99 Å². The number of amidine groups is 1. The zero-order chi connectivity index (χ0) is 14.8. The molecule has 1 aromatic carbocycles. The molecule has 1 fully saturated rings. The molecular formula is C16H15N3OS. The van der Waals surface area contributed by atoms with Gasteiger partial charge in [0.15, 0.2) is 5.17 Å². The molecule has 3 rings (SSSR count). The second-order valence-electron chi connectivity index (χ2n) is 4.75. The van der Waals surface area contributed by atoms with Gasteiger partial charge in [-0.05, 0) is 55.4 Å².